The summed E-state index contributed by atoms with van der Waals surface area (Å²) in [4.78, 5) is 8.95. The number of nitrogens with one attached hydrogen (secondary N) is 2. The number of unbranched alkanes of at least 4 members (excludes halogenated alkanes) is 1. The van der Waals surface area contributed by atoms with Gasteiger partial charge in [-0.05, 0) is 40.2 Å². The van der Waals surface area contributed by atoms with Crippen molar-refractivity contribution in [1.82, 2.24) is 15.6 Å². The molecule has 5 heteroatoms. The van der Waals surface area contributed by atoms with Gasteiger partial charge in [-0.2, -0.15) is 0 Å². The predicted molar refractivity (Wildman–Crippen MR) is 92.3 cm³/mol. The molecule has 1 aromatic heterocycles. The highest BCUT2D eigenvalue weighted by Crippen LogP contribution is 2.16. The maximum Gasteiger partial charge on any atom is 0.218 e. The van der Waals surface area contributed by atoms with Crippen LogP contribution in [0, 0.1) is 0 Å². The van der Waals surface area contributed by atoms with E-state index in [1.165, 1.54) is 0 Å². The Balaban J connectivity index is 2.76. The maximum atomic E-state index is 5.75. The molecule has 2 N–H and O–H groups in total. The summed E-state index contributed by atoms with van der Waals surface area (Å²) < 4.78 is 5.75. The number of hydrogen-bond acceptors (Lipinski definition) is 3. The Morgan fingerprint density at radius 3 is 2.73 bits per heavy atom. The van der Waals surface area contributed by atoms with Gasteiger partial charge in [0.25, 0.3) is 0 Å². The van der Waals surface area contributed by atoms with Crippen LogP contribution in [-0.4, -0.2) is 29.6 Å². The number of aliphatic imine (C=N–C) groups is 1. The maximum absolute atomic E-state index is 5.75. The van der Waals surface area contributed by atoms with E-state index in [0.717, 1.165) is 30.9 Å². The molecule has 0 aliphatic carbocycles. The van der Waals surface area contributed by atoms with E-state index in [9.17, 15) is 0 Å². The topological polar surface area (TPSA) is 58.5 Å². The molecule has 1 heterocycles. The predicted octanol–water partition coefficient (Wildman–Crippen LogP) is 3.11. The third kappa shape index (κ3) is 7.29. The van der Waals surface area contributed by atoms with Crippen molar-refractivity contribution < 1.29 is 4.74 Å². The van der Waals surface area contributed by atoms with Gasteiger partial charge in [-0.15, -0.1) is 0 Å². The lowest BCUT2D eigenvalue weighted by atomic mass is 10.1. The summed E-state index contributed by atoms with van der Waals surface area (Å²) in [5.74, 6) is 1.49. The Hall–Kier alpha value is -1.78. The van der Waals surface area contributed by atoms with E-state index >= 15 is 0 Å². The molecule has 0 amide bonds. The van der Waals surface area contributed by atoms with E-state index in [1.54, 1.807) is 6.20 Å². The van der Waals surface area contributed by atoms with Crippen molar-refractivity contribution in [3.05, 3.63) is 23.9 Å². The van der Waals surface area contributed by atoms with E-state index in [2.05, 4.69) is 55.2 Å². The summed E-state index contributed by atoms with van der Waals surface area (Å²) in [5, 5.41) is 6.64. The number of nitrogens with zero attached hydrogens (tertiary/aromatic N) is 2. The minimum absolute atomic E-state index is 0.0314. The number of rotatable bonds is 7. The first-order valence-corrected chi connectivity index (χ1v) is 8.09. The Kier molecular flexibility index (Phi) is 7.71. The highest BCUT2D eigenvalue weighted by Gasteiger charge is 2.12. The second kappa shape index (κ2) is 9.28. The molecule has 22 heavy (non-hydrogen) atoms. The Bertz CT molecular complexity index is 466. The van der Waals surface area contributed by atoms with Crippen LogP contribution in [0.25, 0.3) is 0 Å². The van der Waals surface area contributed by atoms with Gasteiger partial charge in [0.05, 0.1) is 13.2 Å². The van der Waals surface area contributed by atoms with Gasteiger partial charge in [-0.25, -0.2) is 9.98 Å². The van der Waals surface area contributed by atoms with Gasteiger partial charge in [-0.1, -0.05) is 19.4 Å². The molecule has 0 atom stereocenters. The smallest absolute Gasteiger partial charge is 0.218 e. The minimum atomic E-state index is -0.0314. The molecule has 0 saturated heterocycles. The average molecular weight is 306 g/mol. The third-order valence-electron chi connectivity index (χ3n) is 2.83. The van der Waals surface area contributed by atoms with Gasteiger partial charge in [0.2, 0.25) is 5.88 Å². The van der Waals surface area contributed by atoms with E-state index in [0.29, 0.717) is 19.0 Å². The van der Waals surface area contributed by atoms with Crippen LogP contribution in [0.1, 0.15) is 53.0 Å². The molecule has 5 nitrogen and oxygen atoms in total. The number of hydrogen-bond donors (Lipinski definition) is 2. The zero-order valence-corrected chi connectivity index (χ0v) is 14.6. The molecule has 0 saturated carbocycles. The molecule has 0 fully saturated rings. The fourth-order valence-electron chi connectivity index (χ4n) is 1.81. The second-order valence-corrected chi connectivity index (χ2v) is 6.24. The molecule has 0 unspecified atom stereocenters. The molecule has 124 valence electrons. The lowest BCUT2D eigenvalue weighted by Gasteiger charge is -2.23. The first kappa shape index (κ1) is 18.3. The second-order valence-electron chi connectivity index (χ2n) is 6.24. The summed E-state index contributed by atoms with van der Waals surface area (Å²) in [6, 6.07) is 3.93. The molecular weight excluding hydrogens is 276 g/mol. The highest BCUT2D eigenvalue weighted by molar-refractivity contribution is 5.80. The lowest BCUT2D eigenvalue weighted by molar-refractivity contribution is 0.294. The van der Waals surface area contributed by atoms with Crippen LogP contribution < -0.4 is 15.4 Å². The molecule has 0 aliphatic rings. The molecule has 0 aliphatic heterocycles. The largest absolute Gasteiger partial charge is 0.477 e. The van der Waals surface area contributed by atoms with Crippen molar-refractivity contribution in [3.63, 3.8) is 0 Å². The van der Waals surface area contributed by atoms with Gasteiger partial charge in [0.15, 0.2) is 5.96 Å². The Morgan fingerprint density at radius 2 is 2.09 bits per heavy atom. The number of ether oxygens (including phenoxy) is 1. The monoisotopic (exact) mass is 306 g/mol. The van der Waals surface area contributed by atoms with Gasteiger partial charge < -0.3 is 15.4 Å². The molecule has 1 rings (SSSR count). The summed E-state index contributed by atoms with van der Waals surface area (Å²) in [7, 11) is 0. The first-order chi connectivity index (χ1) is 10.5. The van der Waals surface area contributed by atoms with Crippen molar-refractivity contribution in [2.45, 2.75) is 59.5 Å². The average Bonchev–Trinajstić information content (AvgIpc) is 2.45. The van der Waals surface area contributed by atoms with Crippen LogP contribution in [0.4, 0.5) is 0 Å². The van der Waals surface area contributed by atoms with Gasteiger partial charge in [0.1, 0.15) is 0 Å². The van der Waals surface area contributed by atoms with Crippen LogP contribution in [-0.2, 0) is 6.54 Å². The Labute approximate surface area is 134 Å². The Morgan fingerprint density at radius 1 is 1.32 bits per heavy atom. The molecule has 0 radical (unpaired) electrons. The van der Waals surface area contributed by atoms with Gasteiger partial charge in [-0.3, -0.25) is 0 Å². The van der Waals surface area contributed by atoms with Crippen molar-refractivity contribution >= 4 is 5.96 Å². The zero-order valence-electron chi connectivity index (χ0n) is 14.6. The van der Waals surface area contributed by atoms with E-state index in [4.69, 9.17) is 4.74 Å². The first-order valence-electron chi connectivity index (χ1n) is 8.09. The van der Waals surface area contributed by atoms with Crippen LogP contribution >= 0.6 is 0 Å². The van der Waals surface area contributed by atoms with E-state index < -0.39 is 0 Å². The summed E-state index contributed by atoms with van der Waals surface area (Å²) in [6.45, 7) is 12.6. The fourth-order valence-corrected chi connectivity index (χ4v) is 1.81. The lowest BCUT2D eigenvalue weighted by Crippen LogP contribution is -2.47. The van der Waals surface area contributed by atoms with E-state index in [1.807, 2.05) is 12.1 Å². The van der Waals surface area contributed by atoms with Crippen molar-refractivity contribution in [2.24, 2.45) is 4.99 Å². The molecule has 0 spiro atoms. The van der Waals surface area contributed by atoms with Gasteiger partial charge >= 0.3 is 0 Å². The van der Waals surface area contributed by atoms with Crippen LogP contribution in [0.15, 0.2) is 23.3 Å². The highest BCUT2D eigenvalue weighted by atomic mass is 16.5. The van der Waals surface area contributed by atoms with Crippen LogP contribution in [0.3, 0.4) is 0 Å². The summed E-state index contributed by atoms with van der Waals surface area (Å²) in [5.41, 5.74) is 0.973. The normalized spacial score (nSPS) is 12.1. The SMILES string of the molecule is CCCCOc1ncccc1CN=C(NCC)NC(C)(C)C. The standard InChI is InChI=1S/C17H30N4O/c1-6-8-12-22-15-14(10-9-11-19-15)13-20-16(18-7-2)21-17(3,4)5/h9-11H,6-8,12-13H2,1-5H3,(H2,18,20,21). The van der Waals surface area contributed by atoms with E-state index in [-0.39, 0.29) is 5.54 Å². The number of aromatic nitrogens is 1. The summed E-state index contributed by atoms with van der Waals surface area (Å²) >= 11 is 0. The van der Waals surface area contributed by atoms with Crippen molar-refractivity contribution in [2.75, 3.05) is 13.2 Å². The summed E-state index contributed by atoms with van der Waals surface area (Å²) in [6.07, 6.45) is 3.90. The molecular formula is C17H30N4O. The quantitative estimate of drug-likeness (QED) is 0.462. The number of pyridine rings is 1. The minimum Gasteiger partial charge on any atom is -0.477 e. The number of guanidine groups is 1. The fraction of sp³-hybridized carbons (Fsp3) is 0.647. The van der Waals surface area contributed by atoms with Crippen LogP contribution in [0.2, 0.25) is 0 Å². The van der Waals surface area contributed by atoms with Crippen LogP contribution in [0.5, 0.6) is 5.88 Å². The van der Waals surface area contributed by atoms with Gasteiger partial charge in [0, 0.05) is 23.8 Å². The van der Waals surface area contributed by atoms with Crippen molar-refractivity contribution in [3.8, 4) is 5.88 Å². The molecule has 1 aromatic rings. The zero-order chi connectivity index (χ0) is 16.4. The molecule has 0 aromatic carbocycles. The third-order valence-corrected chi connectivity index (χ3v) is 2.83. The molecule has 0 bridgehead atoms. The van der Waals surface area contributed by atoms with Crippen molar-refractivity contribution in [1.29, 1.82) is 0 Å².